The molecule has 1 aliphatic heterocycles. The molecule has 0 radical (unpaired) electrons. The van der Waals surface area contributed by atoms with Gasteiger partial charge in [0.1, 0.15) is 17.5 Å². The average molecular weight is 194 g/mol. The molecule has 0 bridgehead atoms. The monoisotopic (exact) mass is 194 g/mol. The standard InChI is InChI=1S/C10H14N2O2/c1-6(2)9-5-7(12-14-9)10-8(13)3-4-11-10/h5-6,10-11H,3-4H2,1-2H3. The van der Waals surface area contributed by atoms with Crippen molar-refractivity contribution in [1.29, 1.82) is 0 Å². The summed E-state index contributed by atoms with van der Waals surface area (Å²) in [6.45, 7) is 4.82. The van der Waals surface area contributed by atoms with Crippen LogP contribution in [0.1, 0.15) is 43.7 Å². The summed E-state index contributed by atoms with van der Waals surface area (Å²) in [5.74, 6) is 1.35. The molecule has 0 amide bonds. The Morgan fingerprint density at radius 1 is 1.64 bits per heavy atom. The maximum atomic E-state index is 11.4. The zero-order valence-electron chi connectivity index (χ0n) is 8.41. The van der Waals surface area contributed by atoms with E-state index >= 15 is 0 Å². The van der Waals surface area contributed by atoms with Crippen molar-refractivity contribution in [1.82, 2.24) is 10.5 Å². The number of carbonyl (C=O) groups is 1. The van der Waals surface area contributed by atoms with Crippen LogP contribution in [0.4, 0.5) is 0 Å². The summed E-state index contributed by atoms with van der Waals surface area (Å²) in [5, 5.41) is 7.01. The molecule has 2 heterocycles. The van der Waals surface area contributed by atoms with E-state index in [-0.39, 0.29) is 11.8 Å². The van der Waals surface area contributed by atoms with Crippen LogP contribution < -0.4 is 5.32 Å². The Kier molecular flexibility index (Phi) is 2.37. The normalized spacial score (nSPS) is 22.2. The van der Waals surface area contributed by atoms with Gasteiger partial charge in [-0.25, -0.2) is 0 Å². The lowest BCUT2D eigenvalue weighted by molar-refractivity contribution is -0.118. The fourth-order valence-corrected chi connectivity index (χ4v) is 1.58. The van der Waals surface area contributed by atoms with Gasteiger partial charge in [0, 0.05) is 24.9 Å². The highest BCUT2D eigenvalue weighted by atomic mass is 16.5. The lowest BCUT2D eigenvalue weighted by Gasteiger charge is -2.02. The Hall–Kier alpha value is -1.16. The first-order valence-electron chi connectivity index (χ1n) is 4.91. The summed E-state index contributed by atoms with van der Waals surface area (Å²) >= 11 is 0. The fraction of sp³-hybridized carbons (Fsp3) is 0.600. The van der Waals surface area contributed by atoms with E-state index in [0.29, 0.717) is 12.3 Å². The van der Waals surface area contributed by atoms with Crippen LogP contribution in [0.2, 0.25) is 0 Å². The van der Waals surface area contributed by atoms with Crippen LogP contribution in [0.15, 0.2) is 10.6 Å². The minimum Gasteiger partial charge on any atom is -0.361 e. The Morgan fingerprint density at radius 3 is 2.93 bits per heavy atom. The minimum absolute atomic E-state index is 0.202. The third-order valence-electron chi connectivity index (χ3n) is 2.45. The molecule has 4 heteroatoms. The van der Waals surface area contributed by atoms with Crippen molar-refractivity contribution in [3.8, 4) is 0 Å². The van der Waals surface area contributed by atoms with Gasteiger partial charge in [0.25, 0.3) is 0 Å². The maximum absolute atomic E-state index is 11.4. The second kappa shape index (κ2) is 3.53. The van der Waals surface area contributed by atoms with Gasteiger partial charge in [0.05, 0.1) is 0 Å². The van der Waals surface area contributed by atoms with Crippen LogP contribution in [0.5, 0.6) is 0 Å². The van der Waals surface area contributed by atoms with Gasteiger partial charge in [-0.05, 0) is 0 Å². The molecule has 0 aromatic carbocycles. The van der Waals surface area contributed by atoms with E-state index in [1.165, 1.54) is 0 Å². The van der Waals surface area contributed by atoms with Crippen LogP contribution in [-0.4, -0.2) is 17.5 Å². The molecule has 1 N–H and O–H groups in total. The van der Waals surface area contributed by atoms with Crippen molar-refractivity contribution in [3.05, 3.63) is 17.5 Å². The number of rotatable bonds is 2. The molecule has 1 aromatic rings. The minimum atomic E-state index is -0.244. The van der Waals surface area contributed by atoms with Crippen molar-refractivity contribution >= 4 is 5.78 Å². The molecule has 1 atom stereocenters. The predicted octanol–water partition coefficient (Wildman–Crippen LogP) is 1.40. The Labute approximate surface area is 82.7 Å². The Morgan fingerprint density at radius 2 is 2.43 bits per heavy atom. The molecular formula is C10H14N2O2. The predicted molar refractivity (Wildman–Crippen MR) is 51.0 cm³/mol. The van der Waals surface area contributed by atoms with E-state index < -0.39 is 0 Å². The number of carbonyl (C=O) groups excluding carboxylic acids is 1. The first-order valence-corrected chi connectivity index (χ1v) is 4.91. The van der Waals surface area contributed by atoms with E-state index in [0.717, 1.165) is 18.0 Å². The first-order chi connectivity index (χ1) is 6.68. The second-order valence-electron chi connectivity index (χ2n) is 3.91. The van der Waals surface area contributed by atoms with Crippen molar-refractivity contribution in [2.75, 3.05) is 6.54 Å². The van der Waals surface area contributed by atoms with Gasteiger partial charge in [0.15, 0.2) is 5.78 Å². The average Bonchev–Trinajstić information content (AvgIpc) is 2.71. The summed E-state index contributed by atoms with van der Waals surface area (Å²) in [6, 6.07) is 1.62. The van der Waals surface area contributed by atoms with Gasteiger partial charge in [-0.1, -0.05) is 19.0 Å². The molecule has 1 aliphatic rings. The van der Waals surface area contributed by atoms with E-state index in [1.54, 1.807) is 0 Å². The van der Waals surface area contributed by atoms with Gasteiger partial charge in [-0.15, -0.1) is 0 Å². The zero-order chi connectivity index (χ0) is 10.1. The molecule has 1 fully saturated rings. The summed E-state index contributed by atoms with van der Waals surface area (Å²) in [5.41, 5.74) is 0.719. The summed E-state index contributed by atoms with van der Waals surface area (Å²) in [4.78, 5) is 11.4. The van der Waals surface area contributed by atoms with Crippen molar-refractivity contribution < 1.29 is 9.32 Å². The topological polar surface area (TPSA) is 55.1 Å². The Balaban J connectivity index is 2.20. The van der Waals surface area contributed by atoms with Gasteiger partial charge < -0.3 is 9.84 Å². The van der Waals surface area contributed by atoms with E-state index in [1.807, 2.05) is 19.9 Å². The van der Waals surface area contributed by atoms with Gasteiger partial charge in [-0.2, -0.15) is 0 Å². The summed E-state index contributed by atoms with van der Waals surface area (Å²) in [6.07, 6.45) is 0.592. The maximum Gasteiger partial charge on any atom is 0.157 e. The van der Waals surface area contributed by atoms with E-state index in [9.17, 15) is 4.79 Å². The van der Waals surface area contributed by atoms with Crippen LogP contribution in [0.3, 0.4) is 0 Å². The van der Waals surface area contributed by atoms with Crippen molar-refractivity contribution in [2.45, 2.75) is 32.2 Å². The van der Waals surface area contributed by atoms with Crippen LogP contribution in [-0.2, 0) is 4.79 Å². The third-order valence-corrected chi connectivity index (χ3v) is 2.45. The van der Waals surface area contributed by atoms with E-state index in [2.05, 4.69) is 10.5 Å². The third kappa shape index (κ3) is 1.57. The highest BCUT2D eigenvalue weighted by molar-refractivity contribution is 5.86. The first kappa shape index (κ1) is 9.40. The summed E-state index contributed by atoms with van der Waals surface area (Å²) < 4.78 is 5.14. The number of aromatic nitrogens is 1. The molecule has 14 heavy (non-hydrogen) atoms. The molecule has 1 unspecified atom stereocenters. The quantitative estimate of drug-likeness (QED) is 0.773. The SMILES string of the molecule is CC(C)c1cc(C2NCCC2=O)no1. The number of ketones is 1. The smallest absolute Gasteiger partial charge is 0.157 e. The Bertz CT molecular complexity index is 344. The molecule has 0 saturated carbocycles. The molecule has 2 rings (SSSR count). The number of hydrogen-bond acceptors (Lipinski definition) is 4. The molecule has 1 saturated heterocycles. The molecular weight excluding hydrogens is 180 g/mol. The van der Waals surface area contributed by atoms with Crippen LogP contribution >= 0.6 is 0 Å². The lowest BCUT2D eigenvalue weighted by Crippen LogP contribution is -2.17. The van der Waals surface area contributed by atoms with Crippen molar-refractivity contribution in [3.63, 3.8) is 0 Å². The highest BCUT2D eigenvalue weighted by Gasteiger charge is 2.28. The molecule has 76 valence electrons. The number of hydrogen-bond donors (Lipinski definition) is 1. The lowest BCUT2D eigenvalue weighted by atomic mass is 10.1. The molecule has 4 nitrogen and oxygen atoms in total. The molecule has 0 aliphatic carbocycles. The number of nitrogens with one attached hydrogen (secondary N) is 1. The largest absolute Gasteiger partial charge is 0.361 e. The second-order valence-corrected chi connectivity index (χ2v) is 3.91. The molecule has 1 aromatic heterocycles. The van der Waals surface area contributed by atoms with Crippen LogP contribution in [0, 0.1) is 0 Å². The summed E-state index contributed by atoms with van der Waals surface area (Å²) in [7, 11) is 0. The van der Waals surface area contributed by atoms with Crippen LogP contribution in [0.25, 0.3) is 0 Å². The van der Waals surface area contributed by atoms with Gasteiger partial charge in [0.2, 0.25) is 0 Å². The highest BCUT2D eigenvalue weighted by Crippen LogP contribution is 2.22. The number of nitrogens with zero attached hydrogens (tertiary/aromatic N) is 1. The van der Waals surface area contributed by atoms with Gasteiger partial charge >= 0.3 is 0 Å². The molecule has 0 spiro atoms. The number of Topliss-reactive ketones (excluding diaryl/α,β-unsaturated/α-hetero) is 1. The zero-order valence-corrected chi connectivity index (χ0v) is 8.41. The fourth-order valence-electron chi connectivity index (χ4n) is 1.58. The van der Waals surface area contributed by atoms with E-state index in [4.69, 9.17) is 4.52 Å². The van der Waals surface area contributed by atoms with Crippen molar-refractivity contribution in [2.24, 2.45) is 0 Å². The van der Waals surface area contributed by atoms with Gasteiger partial charge in [-0.3, -0.25) is 4.79 Å².